The molecule has 25 heavy (non-hydrogen) atoms. The summed E-state index contributed by atoms with van der Waals surface area (Å²) < 4.78 is 5.34. The fraction of sp³-hybridized carbons (Fsp3) is 0.368. The molecule has 1 aromatic rings. The maximum Gasteiger partial charge on any atom is 0.254 e. The summed E-state index contributed by atoms with van der Waals surface area (Å²) in [6.07, 6.45) is 7.54. The normalized spacial score (nSPS) is 30.0. The number of nitriles is 1. The zero-order valence-corrected chi connectivity index (χ0v) is 13.5. The van der Waals surface area contributed by atoms with Gasteiger partial charge >= 0.3 is 0 Å². The molecule has 1 saturated heterocycles. The number of carbonyl (C=O) groups is 2. The van der Waals surface area contributed by atoms with Gasteiger partial charge < -0.3 is 4.74 Å². The predicted molar refractivity (Wildman–Crippen MR) is 89.3 cm³/mol. The highest BCUT2D eigenvalue weighted by Crippen LogP contribution is 2.49. The molecule has 4 aliphatic rings. The van der Waals surface area contributed by atoms with Crippen LogP contribution in [-0.4, -0.2) is 29.6 Å². The molecule has 126 valence electrons. The van der Waals surface area contributed by atoms with Crippen LogP contribution in [0.4, 0.5) is 0 Å². The first-order chi connectivity index (χ1) is 12.2. The van der Waals surface area contributed by atoms with Gasteiger partial charge in [0.2, 0.25) is 0 Å². The summed E-state index contributed by atoms with van der Waals surface area (Å²) in [5.41, 5.74) is 0.620. The highest BCUT2D eigenvalue weighted by molar-refractivity contribution is 6.06. The first-order valence-electron chi connectivity index (χ1n) is 8.39. The van der Waals surface area contributed by atoms with E-state index in [0.29, 0.717) is 11.3 Å². The zero-order valence-electron chi connectivity index (χ0n) is 13.5. The van der Waals surface area contributed by atoms with Crippen molar-refractivity contribution in [3.63, 3.8) is 0 Å². The number of imide groups is 1. The van der Waals surface area contributed by atoms with E-state index in [9.17, 15) is 9.59 Å². The maximum atomic E-state index is 12.7. The number of allylic oxidation sites excluding steroid dienone is 2. The van der Waals surface area contributed by atoms with Crippen LogP contribution in [0, 0.1) is 35.0 Å². The van der Waals surface area contributed by atoms with Gasteiger partial charge in [-0.25, -0.2) is 0 Å². The van der Waals surface area contributed by atoms with Gasteiger partial charge in [0.15, 0.2) is 6.61 Å². The van der Waals surface area contributed by atoms with Crippen molar-refractivity contribution in [2.45, 2.75) is 12.8 Å². The molecule has 1 aliphatic heterocycles. The van der Waals surface area contributed by atoms with Crippen LogP contribution in [0.3, 0.4) is 0 Å². The third-order valence-corrected chi connectivity index (χ3v) is 5.26. The van der Waals surface area contributed by atoms with Gasteiger partial charge in [-0.15, -0.1) is 0 Å². The number of benzene rings is 1. The van der Waals surface area contributed by atoms with Crippen molar-refractivity contribution >= 4 is 18.0 Å². The van der Waals surface area contributed by atoms with E-state index >= 15 is 0 Å². The molecule has 5 rings (SSSR count). The molecular formula is C19H17N3O3. The second-order valence-electron chi connectivity index (χ2n) is 6.56. The summed E-state index contributed by atoms with van der Waals surface area (Å²) in [5, 5.41) is 13.8. The summed E-state index contributed by atoms with van der Waals surface area (Å²) in [4.78, 5) is 25.4. The molecule has 6 heteroatoms. The summed E-state index contributed by atoms with van der Waals surface area (Å²) in [6, 6.07) is 8.98. The minimum absolute atomic E-state index is 0.0778. The summed E-state index contributed by atoms with van der Waals surface area (Å²) in [6.45, 7) is -0.0778. The molecule has 4 atom stereocenters. The lowest BCUT2D eigenvalue weighted by atomic mass is 9.63. The second kappa shape index (κ2) is 6.17. The molecule has 1 saturated carbocycles. The molecule has 0 aromatic heterocycles. The van der Waals surface area contributed by atoms with Crippen molar-refractivity contribution in [1.29, 1.82) is 5.26 Å². The fourth-order valence-corrected chi connectivity index (χ4v) is 4.12. The van der Waals surface area contributed by atoms with Crippen molar-refractivity contribution in [3.05, 3.63) is 42.0 Å². The Labute approximate surface area is 145 Å². The zero-order chi connectivity index (χ0) is 17.4. The van der Waals surface area contributed by atoms with Crippen molar-refractivity contribution in [2.24, 2.45) is 28.8 Å². The topological polar surface area (TPSA) is 82.8 Å². The minimum Gasteiger partial charge on any atom is -0.478 e. The van der Waals surface area contributed by atoms with Gasteiger partial charge in [0.05, 0.1) is 18.1 Å². The lowest BCUT2D eigenvalue weighted by molar-refractivity contribution is -0.140. The van der Waals surface area contributed by atoms with Crippen LogP contribution in [0.25, 0.3) is 0 Å². The number of carbonyl (C=O) groups excluding carboxylic acids is 2. The Morgan fingerprint density at radius 3 is 2.40 bits per heavy atom. The average Bonchev–Trinajstić information content (AvgIpc) is 2.93. The number of rotatable bonds is 4. The molecule has 6 nitrogen and oxygen atoms in total. The standard InChI is InChI=1S/C19H17N3O3/c20-9-10-25-15-4-2-1-3-14(15)11-21-22-18(23)16-12-5-6-13(8-7-12)17(16)19(22)24/h1-6,11-13,16-17H,7-8,10H2/b21-11-/t12-,13-,16-,17-/m0/s1. The Balaban J connectivity index is 1.58. The number of para-hydroxylation sites is 1. The molecule has 0 spiro atoms. The summed E-state index contributed by atoms with van der Waals surface area (Å²) in [5.74, 6) is -0.153. The Hall–Kier alpha value is -2.94. The minimum atomic E-state index is -0.265. The average molecular weight is 335 g/mol. The van der Waals surface area contributed by atoms with Crippen LogP contribution in [0.1, 0.15) is 18.4 Å². The molecule has 0 radical (unpaired) electrons. The Kier molecular flexibility index (Phi) is 3.85. The Morgan fingerprint density at radius 1 is 1.16 bits per heavy atom. The van der Waals surface area contributed by atoms with Crippen LogP contribution < -0.4 is 4.74 Å². The van der Waals surface area contributed by atoms with Gasteiger partial charge in [-0.3, -0.25) is 9.59 Å². The number of hydrogen-bond donors (Lipinski definition) is 0. The molecular weight excluding hydrogens is 318 g/mol. The quantitative estimate of drug-likeness (QED) is 0.479. The van der Waals surface area contributed by atoms with E-state index in [1.54, 1.807) is 24.3 Å². The van der Waals surface area contributed by atoms with E-state index < -0.39 is 0 Å². The molecule has 0 unspecified atom stereocenters. The van der Waals surface area contributed by atoms with Crippen molar-refractivity contribution in [1.82, 2.24) is 5.01 Å². The molecule has 1 aromatic carbocycles. The highest BCUT2D eigenvalue weighted by Gasteiger charge is 2.56. The molecule has 3 aliphatic carbocycles. The van der Waals surface area contributed by atoms with Gasteiger partial charge in [-0.1, -0.05) is 24.3 Å². The summed E-state index contributed by atoms with van der Waals surface area (Å²) in [7, 11) is 0. The van der Waals surface area contributed by atoms with Crippen LogP contribution in [-0.2, 0) is 9.59 Å². The van der Waals surface area contributed by atoms with Gasteiger partial charge in [-0.05, 0) is 36.8 Å². The first kappa shape index (κ1) is 15.6. The molecule has 2 fully saturated rings. The van der Waals surface area contributed by atoms with E-state index in [0.717, 1.165) is 17.9 Å². The monoisotopic (exact) mass is 335 g/mol. The maximum absolute atomic E-state index is 12.7. The summed E-state index contributed by atoms with van der Waals surface area (Å²) >= 11 is 0. The van der Waals surface area contributed by atoms with Crippen LogP contribution in [0.2, 0.25) is 0 Å². The predicted octanol–water partition coefficient (Wildman–Crippen LogP) is 2.12. The third kappa shape index (κ3) is 2.52. The number of nitrogens with zero attached hydrogens (tertiary/aromatic N) is 3. The van der Waals surface area contributed by atoms with E-state index in [-0.39, 0.29) is 42.1 Å². The smallest absolute Gasteiger partial charge is 0.254 e. The molecule has 1 heterocycles. The van der Waals surface area contributed by atoms with Gasteiger partial charge in [0.25, 0.3) is 11.8 Å². The van der Waals surface area contributed by atoms with Gasteiger partial charge in [-0.2, -0.15) is 15.4 Å². The van der Waals surface area contributed by atoms with E-state index in [4.69, 9.17) is 10.00 Å². The first-order valence-corrected chi connectivity index (χ1v) is 8.39. The fourth-order valence-electron chi connectivity index (χ4n) is 4.12. The molecule has 0 N–H and O–H groups in total. The lowest BCUT2D eigenvalue weighted by Gasteiger charge is -2.37. The van der Waals surface area contributed by atoms with Crippen LogP contribution >= 0.6 is 0 Å². The third-order valence-electron chi connectivity index (χ3n) is 5.26. The van der Waals surface area contributed by atoms with Crippen molar-refractivity contribution in [2.75, 3.05) is 6.61 Å². The molecule has 2 bridgehead atoms. The van der Waals surface area contributed by atoms with E-state index in [2.05, 4.69) is 17.3 Å². The van der Waals surface area contributed by atoms with Crippen LogP contribution in [0.5, 0.6) is 5.75 Å². The number of hydrazone groups is 1. The van der Waals surface area contributed by atoms with Crippen LogP contribution in [0.15, 0.2) is 41.5 Å². The lowest BCUT2D eigenvalue weighted by Crippen LogP contribution is -2.38. The van der Waals surface area contributed by atoms with Crippen molar-refractivity contribution in [3.8, 4) is 11.8 Å². The van der Waals surface area contributed by atoms with E-state index in [1.807, 2.05) is 6.07 Å². The highest BCUT2D eigenvalue weighted by atomic mass is 16.5. The largest absolute Gasteiger partial charge is 0.478 e. The van der Waals surface area contributed by atoms with E-state index in [1.165, 1.54) is 6.21 Å². The SMILES string of the molecule is N#CCOc1ccccc1/C=N\N1C(=O)[C@@H]2[C@@H](C1=O)[C@H]1C=C[C@H]2CC1. The molecule has 2 amide bonds. The van der Waals surface area contributed by atoms with Gasteiger partial charge in [0.1, 0.15) is 11.8 Å². The number of hydrogen-bond acceptors (Lipinski definition) is 5. The number of amides is 2. The number of fused-ring (bicyclic) bond motifs is 1. The number of ether oxygens (including phenoxy) is 1. The second-order valence-corrected chi connectivity index (χ2v) is 6.56. The van der Waals surface area contributed by atoms with Gasteiger partial charge in [0, 0.05) is 5.56 Å². The Bertz CT molecular complexity index is 791. The van der Waals surface area contributed by atoms with Crippen molar-refractivity contribution < 1.29 is 14.3 Å². The Morgan fingerprint density at radius 2 is 1.80 bits per heavy atom.